The standard InChI is InChI=1S/C27H29N3O5/c1-4-34-25-16-21(10-15-24(25)35-18-20-8-6-5-7-9-20)17-28-30-27(32)19(2)26(31)29-22-11-13-23(33-3)14-12-22/h5-17,19H,4,18H2,1-3H3,(H,29,31)(H,30,32). The molecule has 0 fully saturated rings. The van der Waals surface area contributed by atoms with Crippen molar-refractivity contribution in [1.29, 1.82) is 0 Å². The lowest BCUT2D eigenvalue weighted by Gasteiger charge is -2.13. The smallest absolute Gasteiger partial charge is 0.252 e. The second kappa shape index (κ2) is 12.8. The van der Waals surface area contributed by atoms with Gasteiger partial charge in [-0.1, -0.05) is 30.3 Å². The number of methoxy groups -OCH3 is 1. The van der Waals surface area contributed by atoms with E-state index in [-0.39, 0.29) is 0 Å². The fourth-order valence-corrected chi connectivity index (χ4v) is 3.04. The van der Waals surface area contributed by atoms with Gasteiger partial charge in [0.15, 0.2) is 11.5 Å². The zero-order valence-corrected chi connectivity index (χ0v) is 20.0. The van der Waals surface area contributed by atoms with Gasteiger partial charge in [-0.15, -0.1) is 0 Å². The molecular weight excluding hydrogens is 446 g/mol. The van der Waals surface area contributed by atoms with E-state index < -0.39 is 17.7 Å². The van der Waals surface area contributed by atoms with Crippen molar-refractivity contribution < 1.29 is 23.8 Å². The summed E-state index contributed by atoms with van der Waals surface area (Å²) in [6.45, 7) is 4.29. The number of nitrogens with one attached hydrogen (secondary N) is 2. The molecule has 8 heteroatoms. The maximum atomic E-state index is 12.4. The Morgan fingerprint density at radius 2 is 1.69 bits per heavy atom. The third-order valence-electron chi connectivity index (χ3n) is 5.04. The summed E-state index contributed by atoms with van der Waals surface area (Å²) < 4.78 is 16.7. The number of carbonyl (C=O) groups excluding carboxylic acids is 2. The van der Waals surface area contributed by atoms with Gasteiger partial charge in [0.2, 0.25) is 5.91 Å². The Hall–Kier alpha value is -4.33. The maximum absolute atomic E-state index is 12.4. The van der Waals surface area contributed by atoms with Crippen molar-refractivity contribution in [3.8, 4) is 17.2 Å². The Kier molecular flexibility index (Phi) is 9.24. The minimum Gasteiger partial charge on any atom is -0.497 e. The molecule has 0 saturated carbocycles. The normalized spacial score (nSPS) is 11.5. The lowest BCUT2D eigenvalue weighted by atomic mass is 10.1. The minimum atomic E-state index is -0.943. The molecule has 0 aromatic heterocycles. The van der Waals surface area contributed by atoms with E-state index in [0.29, 0.717) is 41.7 Å². The molecule has 0 bridgehead atoms. The molecule has 0 radical (unpaired) electrons. The lowest BCUT2D eigenvalue weighted by Crippen LogP contribution is -2.34. The van der Waals surface area contributed by atoms with Gasteiger partial charge in [-0.25, -0.2) is 5.43 Å². The van der Waals surface area contributed by atoms with Gasteiger partial charge in [-0.3, -0.25) is 9.59 Å². The Morgan fingerprint density at radius 1 is 0.943 bits per heavy atom. The van der Waals surface area contributed by atoms with E-state index in [1.165, 1.54) is 13.1 Å². The van der Waals surface area contributed by atoms with Gasteiger partial charge >= 0.3 is 0 Å². The molecule has 2 N–H and O–H groups in total. The molecule has 8 nitrogen and oxygen atoms in total. The van der Waals surface area contributed by atoms with Crippen molar-refractivity contribution in [1.82, 2.24) is 5.43 Å². The number of rotatable bonds is 11. The first kappa shape index (κ1) is 25.3. The van der Waals surface area contributed by atoms with Gasteiger partial charge in [-0.2, -0.15) is 5.10 Å². The van der Waals surface area contributed by atoms with Crippen molar-refractivity contribution >= 4 is 23.7 Å². The predicted molar refractivity (Wildman–Crippen MR) is 135 cm³/mol. The fourth-order valence-electron chi connectivity index (χ4n) is 3.04. The van der Waals surface area contributed by atoms with Crippen molar-refractivity contribution in [2.75, 3.05) is 19.0 Å². The minimum absolute atomic E-state index is 0.418. The second-order valence-corrected chi connectivity index (χ2v) is 7.59. The van der Waals surface area contributed by atoms with Crippen LogP contribution in [0.1, 0.15) is 25.0 Å². The van der Waals surface area contributed by atoms with Crippen LogP contribution in [-0.4, -0.2) is 31.7 Å². The highest BCUT2D eigenvalue weighted by Gasteiger charge is 2.21. The van der Waals surface area contributed by atoms with Crippen LogP contribution in [0.3, 0.4) is 0 Å². The molecule has 0 aliphatic rings. The number of hydrogen-bond acceptors (Lipinski definition) is 6. The summed E-state index contributed by atoms with van der Waals surface area (Å²) >= 11 is 0. The first-order valence-corrected chi connectivity index (χ1v) is 11.2. The van der Waals surface area contributed by atoms with Crippen LogP contribution in [0.15, 0.2) is 77.9 Å². The number of benzene rings is 3. The number of amides is 2. The summed E-state index contributed by atoms with van der Waals surface area (Å²) in [5.74, 6) is -0.0541. The highest BCUT2D eigenvalue weighted by atomic mass is 16.5. The molecule has 3 aromatic rings. The van der Waals surface area contributed by atoms with Crippen LogP contribution in [0.25, 0.3) is 0 Å². The van der Waals surface area contributed by atoms with Crippen molar-refractivity contribution in [2.45, 2.75) is 20.5 Å². The molecule has 35 heavy (non-hydrogen) atoms. The van der Waals surface area contributed by atoms with Crippen LogP contribution in [0, 0.1) is 5.92 Å². The molecule has 2 amide bonds. The van der Waals surface area contributed by atoms with Gasteiger partial charge in [0.05, 0.1) is 19.9 Å². The SMILES string of the molecule is CCOc1cc(C=NNC(=O)C(C)C(=O)Nc2ccc(OC)cc2)ccc1OCc1ccccc1. The summed E-state index contributed by atoms with van der Waals surface area (Å²) in [6.07, 6.45) is 1.48. The third-order valence-corrected chi connectivity index (χ3v) is 5.04. The van der Waals surface area contributed by atoms with Crippen molar-refractivity contribution in [3.63, 3.8) is 0 Å². The van der Waals surface area contributed by atoms with Crippen LogP contribution in [0.5, 0.6) is 17.2 Å². The average molecular weight is 476 g/mol. The molecule has 0 saturated heterocycles. The van der Waals surface area contributed by atoms with Crippen LogP contribution in [0.4, 0.5) is 5.69 Å². The Balaban J connectivity index is 1.56. The molecular formula is C27H29N3O5. The van der Waals surface area contributed by atoms with Crippen molar-refractivity contribution in [3.05, 3.63) is 83.9 Å². The molecule has 0 aliphatic carbocycles. The molecule has 1 unspecified atom stereocenters. The Labute approximate surface area is 204 Å². The lowest BCUT2D eigenvalue weighted by molar-refractivity contribution is -0.131. The van der Waals surface area contributed by atoms with E-state index in [4.69, 9.17) is 14.2 Å². The number of nitrogens with zero attached hydrogens (tertiary/aromatic N) is 1. The van der Waals surface area contributed by atoms with E-state index in [9.17, 15) is 9.59 Å². The van der Waals surface area contributed by atoms with Crippen LogP contribution in [0.2, 0.25) is 0 Å². The first-order valence-electron chi connectivity index (χ1n) is 11.2. The Bertz CT molecular complexity index is 1150. The van der Waals surface area contributed by atoms with Crippen LogP contribution >= 0.6 is 0 Å². The van der Waals surface area contributed by atoms with Gasteiger partial charge in [0.1, 0.15) is 18.3 Å². The number of ether oxygens (including phenoxy) is 3. The topological polar surface area (TPSA) is 98.2 Å². The summed E-state index contributed by atoms with van der Waals surface area (Å²) in [5.41, 5.74) is 4.73. The quantitative estimate of drug-likeness (QED) is 0.243. The van der Waals surface area contributed by atoms with E-state index in [1.54, 1.807) is 49.6 Å². The molecule has 0 spiro atoms. The number of hydrogen-bond donors (Lipinski definition) is 2. The van der Waals surface area contributed by atoms with E-state index in [0.717, 1.165) is 5.56 Å². The van der Waals surface area contributed by atoms with Crippen LogP contribution < -0.4 is 25.0 Å². The zero-order valence-electron chi connectivity index (χ0n) is 20.0. The first-order chi connectivity index (χ1) is 17.0. The average Bonchev–Trinajstić information content (AvgIpc) is 2.89. The Morgan fingerprint density at radius 3 is 2.37 bits per heavy atom. The van der Waals surface area contributed by atoms with Gasteiger partial charge in [0, 0.05) is 5.69 Å². The highest BCUT2D eigenvalue weighted by Crippen LogP contribution is 2.29. The highest BCUT2D eigenvalue weighted by molar-refractivity contribution is 6.06. The van der Waals surface area contributed by atoms with E-state index >= 15 is 0 Å². The third kappa shape index (κ3) is 7.60. The molecule has 3 aromatic carbocycles. The maximum Gasteiger partial charge on any atom is 0.252 e. The fraction of sp³-hybridized carbons (Fsp3) is 0.222. The summed E-state index contributed by atoms with van der Waals surface area (Å²) in [6, 6.07) is 22.1. The molecule has 0 heterocycles. The summed E-state index contributed by atoms with van der Waals surface area (Å²) in [7, 11) is 1.56. The van der Waals surface area contributed by atoms with Gasteiger partial charge < -0.3 is 19.5 Å². The van der Waals surface area contributed by atoms with Crippen molar-refractivity contribution in [2.24, 2.45) is 11.0 Å². The monoisotopic (exact) mass is 475 g/mol. The predicted octanol–water partition coefficient (Wildman–Crippen LogP) is 4.40. The molecule has 0 aliphatic heterocycles. The van der Waals surface area contributed by atoms with Crippen LogP contribution in [-0.2, 0) is 16.2 Å². The van der Waals surface area contributed by atoms with Gasteiger partial charge in [0.25, 0.3) is 5.91 Å². The van der Waals surface area contributed by atoms with E-state index in [2.05, 4.69) is 15.8 Å². The zero-order chi connectivity index (χ0) is 25.0. The summed E-state index contributed by atoms with van der Waals surface area (Å²) in [4.78, 5) is 24.7. The molecule has 1 atom stereocenters. The summed E-state index contributed by atoms with van der Waals surface area (Å²) in [5, 5.41) is 6.68. The second-order valence-electron chi connectivity index (χ2n) is 7.59. The largest absolute Gasteiger partial charge is 0.497 e. The molecule has 3 rings (SSSR count). The number of carbonyl (C=O) groups is 2. The van der Waals surface area contributed by atoms with Gasteiger partial charge in [-0.05, 0) is 67.4 Å². The molecule has 182 valence electrons. The number of anilines is 1. The van der Waals surface area contributed by atoms with E-state index in [1.807, 2.05) is 37.3 Å². The number of hydrazone groups is 1.